The van der Waals surface area contributed by atoms with Gasteiger partial charge in [-0.25, -0.2) is 5.01 Å². The molecule has 0 aromatic heterocycles. The number of nitrogens with zero attached hydrogens (tertiary/aromatic N) is 2. The van der Waals surface area contributed by atoms with Crippen LogP contribution in [0.2, 0.25) is 0 Å². The Balaban J connectivity index is 1.78. The summed E-state index contributed by atoms with van der Waals surface area (Å²) in [5.74, 6) is 1.07. The molecule has 128 valence electrons. The summed E-state index contributed by atoms with van der Waals surface area (Å²) in [5.41, 5.74) is 4.53. The van der Waals surface area contributed by atoms with Gasteiger partial charge in [0, 0.05) is 22.9 Å². The van der Waals surface area contributed by atoms with Crippen LogP contribution in [0.15, 0.2) is 52.0 Å². The van der Waals surface area contributed by atoms with E-state index in [2.05, 4.69) is 40.2 Å². The van der Waals surface area contributed by atoms with E-state index in [4.69, 9.17) is 9.84 Å². The number of hydrogen-bond acceptors (Lipinski definition) is 3. The Morgan fingerprint density at radius 1 is 1.24 bits per heavy atom. The summed E-state index contributed by atoms with van der Waals surface area (Å²) in [6.45, 7) is 1.59. The van der Waals surface area contributed by atoms with E-state index in [-0.39, 0.29) is 17.9 Å². The minimum atomic E-state index is -0.0316. The predicted octanol–water partition coefficient (Wildman–Crippen LogP) is 4.33. The Kier molecular flexibility index (Phi) is 4.12. The van der Waals surface area contributed by atoms with Gasteiger partial charge in [-0.1, -0.05) is 28.1 Å². The molecule has 2 aromatic rings. The van der Waals surface area contributed by atoms with Crippen molar-refractivity contribution in [3.63, 3.8) is 0 Å². The second-order valence-corrected chi connectivity index (χ2v) is 7.43. The maximum Gasteiger partial charge on any atom is 0.240 e. The Hall–Kier alpha value is -2.14. The first-order valence-electron chi connectivity index (χ1n) is 8.39. The quantitative estimate of drug-likeness (QED) is 0.755. The molecular formula is C20H19BrN2O2. The van der Waals surface area contributed by atoms with E-state index < -0.39 is 0 Å². The monoisotopic (exact) mass is 398 g/mol. The summed E-state index contributed by atoms with van der Waals surface area (Å²) in [6.07, 6.45) is 1.94. The normalized spacial score (nSPS) is 21.4. The summed E-state index contributed by atoms with van der Waals surface area (Å²) in [6, 6.07) is 14.3. The number of hydrogen-bond donors (Lipinski definition) is 0. The van der Waals surface area contributed by atoms with Gasteiger partial charge < -0.3 is 4.74 Å². The SMILES string of the molecule is COc1ccc2c(c1)CC[C@H]1C2=NN(C(C)=O)[C@H]1c1ccc(Br)cc1. The lowest BCUT2D eigenvalue weighted by Gasteiger charge is -2.29. The zero-order valence-corrected chi connectivity index (χ0v) is 15.8. The molecule has 25 heavy (non-hydrogen) atoms. The van der Waals surface area contributed by atoms with Crippen molar-refractivity contribution in [3.05, 3.63) is 63.6 Å². The molecule has 1 amide bonds. The molecule has 2 atom stereocenters. The number of methoxy groups -OCH3 is 1. The number of ether oxygens (including phenoxy) is 1. The van der Waals surface area contributed by atoms with Gasteiger partial charge in [0.15, 0.2) is 0 Å². The van der Waals surface area contributed by atoms with Gasteiger partial charge in [0.25, 0.3) is 0 Å². The highest BCUT2D eigenvalue weighted by molar-refractivity contribution is 9.10. The highest BCUT2D eigenvalue weighted by Crippen LogP contribution is 2.44. The molecule has 4 rings (SSSR count). The van der Waals surface area contributed by atoms with E-state index in [0.29, 0.717) is 0 Å². The molecule has 2 aliphatic rings. The molecule has 0 fully saturated rings. The van der Waals surface area contributed by atoms with Gasteiger partial charge in [-0.2, -0.15) is 5.10 Å². The number of aryl methyl sites for hydroxylation is 1. The summed E-state index contributed by atoms with van der Waals surface area (Å²) in [7, 11) is 1.68. The number of hydrazone groups is 1. The Labute approximate surface area is 155 Å². The highest BCUT2D eigenvalue weighted by atomic mass is 79.9. The maximum absolute atomic E-state index is 12.2. The van der Waals surface area contributed by atoms with Crippen LogP contribution in [-0.4, -0.2) is 23.7 Å². The van der Waals surface area contributed by atoms with E-state index in [1.54, 1.807) is 19.0 Å². The zero-order chi connectivity index (χ0) is 17.6. The van der Waals surface area contributed by atoms with Crippen LogP contribution in [0.5, 0.6) is 5.75 Å². The third-order valence-electron chi connectivity index (χ3n) is 5.06. The fraction of sp³-hybridized carbons (Fsp3) is 0.300. The topological polar surface area (TPSA) is 41.9 Å². The molecule has 0 bridgehead atoms. The molecule has 0 radical (unpaired) electrons. The van der Waals surface area contributed by atoms with E-state index in [0.717, 1.165) is 39.9 Å². The number of amides is 1. The lowest BCUT2D eigenvalue weighted by atomic mass is 9.77. The average molecular weight is 399 g/mol. The molecule has 4 nitrogen and oxygen atoms in total. The summed E-state index contributed by atoms with van der Waals surface area (Å²) >= 11 is 3.48. The van der Waals surface area contributed by atoms with Gasteiger partial charge in [0.1, 0.15) is 5.75 Å². The second kappa shape index (κ2) is 6.30. The fourth-order valence-electron chi connectivity index (χ4n) is 3.89. The third-order valence-corrected chi connectivity index (χ3v) is 5.59. The number of rotatable bonds is 2. The fourth-order valence-corrected chi connectivity index (χ4v) is 4.15. The van der Waals surface area contributed by atoms with Gasteiger partial charge in [-0.3, -0.25) is 4.79 Å². The van der Waals surface area contributed by atoms with Gasteiger partial charge in [-0.15, -0.1) is 0 Å². The Morgan fingerprint density at radius 3 is 2.68 bits per heavy atom. The van der Waals surface area contributed by atoms with Crippen molar-refractivity contribution in [2.75, 3.05) is 7.11 Å². The van der Waals surface area contributed by atoms with Gasteiger partial charge in [0.05, 0.1) is 18.9 Å². The zero-order valence-electron chi connectivity index (χ0n) is 14.2. The van der Waals surface area contributed by atoms with Crippen LogP contribution in [0.25, 0.3) is 0 Å². The molecule has 2 aromatic carbocycles. The maximum atomic E-state index is 12.2. The van der Waals surface area contributed by atoms with E-state index in [1.165, 1.54) is 5.56 Å². The summed E-state index contributed by atoms with van der Waals surface area (Å²) < 4.78 is 6.38. The average Bonchev–Trinajstić information content (AvgIpc) is 3.02. The van der Waals surface area contributed by atoms with Gasteiger partial charge in [0.2, 0.25) is 5.91 Å². The number of halogens is 1. The first kappa shape index (κ1) is 16.3. The van der Waals surface area contributed by atoms with Crippen LogP contribution in [0, 0.1) is 5.92 Å². The molecule has 0 unspecified atom stereocenters. The van der Waals surface area contributed by atoms with Crippen molar-refractivity contribution in [3.8, 4) is 5.75 Å². The van der Waals surface area contributed by atoms with Crippen LogP contribution in [0.3, 0.4) is 0 Å². The highest BCUT2D eigenvalue weighted by Gasteiger charge is 2.42. The Morgan fingerprint density at radius 2 is 2.00 bits per heavy atom. The number of fused-ring (bicyclic) bond motifs is 3. The van der Waals surface area contributed by atoms with Crippen LogP contribution >= 0.6 is 15.9 Å². The molecule has 0 N–H and O–H groups in total. The van der Waals surface area contributed by atoms with Crippen molar-refractivity contribution >= 4 is 27.5 Å². The second-order valence-electron chi connectivity index (χ2n) is 6.51. The molecule has 0 saturated heterocycles. The molecule has 1 aliphatic heterocycles. The first-order valence-corrected chi connectivity index (χ1v) is 9.19. The number of benzene rings is 2. The molecule has 0 spiro atoms. The predicted molar refractivity (Wildman–Crippen MR) is 101 cm³/mol. The largest absolute Gasteiger partial charge is 0.497 e. The van der Waals surface area contributed by atoms with Crippen molar-refractivity contribution in [2.45, 2.75) is 25.8 Å². The lowest BCUT2D eigenvalue weighted by molar-refractivity contribution is -0.131. The standard InChI is InChI=1S/C20H19BrN2O2/c1-12(24)23-20(13-3-6-15(21)7-4-13)18-9-5-14-11-16(25-2)8-10-17(14)19(18)22-23/h3-4,6-8,10-11,18,20H,5,9H2,1-2H3/t18-,20-/m0/s1. The van der Waals surface area contributed by atoms with Crippen LogP contribution < -0.4 is 4.74 Å². The summed E-state index contributed by atoms with van der Waals surface area (Å²) in [4.78, 5) is 12.2. The van der Waals surface area contributed by atoms with Crippen molar-refractivity contribution in [1.29, 1.82) is 0 Å². The minimum absolute atomic E-state index is 0.0233. The van der Waals surface area contributed by atoms with E-state index in [1.807, 2.05) is 18.2 Å². The smallest absolute Gasteiger partial charge is 0.240 e. The van der Waals surface area contributed by atoms with Crippen LogP contribution in [0.1, 0.15) is 36.1 Å². The minimum Gasteiger partial charge on any atom is -0.497 e. The summed E-state index contributed by atoms with van der Waals surface area (Å²) in [5, 5.41) is 6.39. The molecule has 0 saturated carbocycles. The van der Waals surface area contributed by atoms with E-state index in [9.17, 15) is 4.79 Å². The van der Waals surface area contributed by atoms with Gasteiger partial charge >= 0.3 is 0 Å². The van der Waals surface area contributed by atoms with Crippen molar-refractivity contribution < 1.29 is 9.53 Å². The number of carbonyl (C=O) groups is 1. The van der Waals surface area contributed by atoms with Crippen molar-refractivity contribution in [2.24, 2.45) is 11.0 Å². The lowest BCUT2D eigenvalue weighted by Crippen LogP contribution is -2.31. The molecular weight excluding hydrogens is 380 g/mol. The first-order chi connectivity index (χ1) is 12.1. The van der Waals surface area contributed by atoms with Crippen molar-refractivity contribution in [1.82, 2.24) is 5.01 Å². The van der Waals surface area contributed by atoms with Crippen LogP contribution in [-0.2, 0) is 11.2 Å². The van der Waals surface area contributed by atoms with Crippen LogP contribution in [0.4, 0.5) is 0 Å². The molecule has 1 aliphatic carbocycles. The van der Waals surface area contributed by atoms with E-state index >= 15 is 0 Å². The Bertz CT molecular complexity index is 860. The number of carbonyl (C=O) groups excluding carboxylic acids is 1. The van der Waals surface area contributed by atoms with Gasteiger partial charge in [-0.05, 0) is 54.3 Å². The third kappa shape index (κ3) is 2.76. The molecule has 5 heteroatoms. The molecule has 1 heterocycles.